The predicted molar refractivity (Wildman–Crippen MR) is 87.5 cm³/mol. The van der Waals surface area contributed by atoms with Gasteiger partial charge in [0.1, 0.15) is 5.75 Å². The normalized spacial score (nSPS) is 12.0. The highest BCUT2D eigenvalue weighted by Crippen LogP contribution is 2.37. The molecule has 0 saturated heterocycles. The fraction of sp³-hybridized carbons (Fsp3) is 0.333. The standard InChI is InChI=1S/C18H23NO2/c1-5-19(15-9-6-8-13(2)12-15)16-10-7-11-17(21-4)18(16)14(3)20/h6-12,14,20H,5H2,1-4H3/t14-/m1/s1. The average molecular weight is 285 g/mol. The van der Waals surface area contributed by atoms with E-state index in [0.29, 0.717) is 5.75 Å². The van der Waals surface area contributed by atoms with Crippen LogP contribution in [0.3, 0.4) is 0 Å². The molecule has 0 radical (unpaired) electrons. The van der Waals surface area contributed by atoms with Gasteiger partial charge in [-0.25, -0.2) is 0 Å². The van der Waals surface area contributed by atoms with Crippen LogP contribution in [0.4, 0.5) is 11.4 Å². The zero-order chi connectivity index (χ0) is 15.4. The van der Waals surface area contributed by atoms with E-state index in [1.807, 2.05) is 18.2 Å². The molecule has 0 heterocycles. The lowest BCUT2D eigenvalue weighted by Crippen LogP contribution is -2.19. The molecular formula is C18H23NO2. The monoisotopic (exact) mass is 285 g/mol. The van der Waals surface area contributed by atoms with E-state index < -0.39 is 6.10 Å². The number of aliphatic hydroxyl groups is 1. The molecule has 0 saturated carbocycles. The molecule has 0 bridgehead atoms. The Morgan fingerprint density at radius 1 is 1.19 bits per heavy atom. The molecule has 0 fully saturated rings. The van der Waals surface area contributed by atoms with Crippen molar-refractivity contribution in [2.75, 3.05) is 18.6 Å². The van der Waals surface area contributed by atoms with Crippen molar-refractivity contribution in [2.24, 2.45) is 0 Å². The van der Waals surface area contributed by atoms with Crippen molar-refractivity contribution in [3.63, 3.8) is 0 Å². The van der Waals surface area contributed by atoms with E-state index in [4.69, 9.17) is 4.74 Å². The van der Waals surface area contributed by atoms with Crippen LogP contribution in [0.5, 0.6) is 5.75 Å². The molecular weight excluding hydrogens is 262 g/mol. The third kappa shape index (κ3) is 3.19. The van der Waals surface area contributed by atoms with Crippen LogP contribution in [-0.2, 0) is 0 Å². The number of methoxy groups -OCH3 is 1. The zero-order valence-electron chi connectivity index (χ0n) is 13.1. The summed E-state index contributed by atoms with van der Waals surface area (Å²) in [6.07, 6.45) is -0.588. The van der Waals surface area contributed by atoms with E-state index in [-0.39, 0.29) is 0 Å². The van der Waals surface area contributed by atoms with Gasteiger partial charge in [0, 0.05) is 17.8 Å². The van der Waals surface area contributed by atoms with E-state index in [9.17, 15) is 5.11 Å². The number of rotatable bonds is 5. The van der Waals surface area contributed by atoms with E-state index in [0.717, 1.165) is 23.5 Å². The van der Waals surface area contributed by atoms with Crippen LogP contribution in [0.1, 0.15) is 31.1 Å². The van der Waals surface area contributed by atoms with Crippen LogP contribution in [0.2, 0.25) is 0 Å². The van der Waals surface area contributed by atoms with Gasteiger partial charge in [0.25, 0.3) is 0 Å². The lowest BCUT2D eigenvalue weighted by molar-refractivity contribution is 0.195. The molecule has 0 amide bonds. The molecule has 2 aromatic rings. The molecule has 0 spiro atoms. The summed E-state index contributed by atoms with van der Waals surface area (Å²) in [5.41, 5.74) is 4.14. The summed E-state index contributed by atoms with van der Waals surface area (Å²) in [7, 11) is 1.63. The summed E-state index contributed by atoms with van der Waals surface area (Å²) in [6.45, 7) is 6.77. The minimum absolute atomic E-state index is 0.588. The second kappa shape index (κ2) is 6.64. The Morgan fingerprint density at radius 2 is 1.90 bits per heavy atom. The van der Waals surface area contributed by atoms with Crippen LogP contribution in [0, 0.1) is 6.92 Å². The minimum Gasteiger partial charge on any atom is -0.496 e. The van der Waals surface area contributed by atoms with E-state index in [2.05, 4.69) is 43.0 Å². The molecule has 0 aliphatic heterocycles. The Kier molecular flexibility index (Phi) is 4.86. The molecule has 0 aliphatic rings. The number of hydrogen-bond donors (Lipinski definition) is 1. The lowest BCUT2D eigenvalue weighted by Gasteiger charge is -2.28. The summed E-state index contributed by atoms with van der Waals surface area (Å²) in [6, 6.07) is 14.2. The third-order valence-corrected chi connectivity index (χ3v) is 3.60. The molecule has 3 heteroatoms. The van der Waals surface area contributed by atoms with Crippen LogP contribution < -0.4 is 9.64 Å². The number of ether oxygens (including phenoxy) is 1. The largest absolute Gasteiger partial charge is 0.496 e. The SMILES string of the molecule is CCN(c1cccc(C)c1)c1cccc(OC)c1[C@@H](C)O. The van der Waals surface area contributed by atoms with Crippen molar-refractivity contribution in [1.82, 2.24) is 0 Å². The van der Waals surface area contributed by atoms with Crippen molar-refractivity contribution in [2.45, 2.75) is 26.9 Å². The van der Waals surface area contributed by atoms with Gasteiger partial charge in [-0.05, 0) is 50.6 Å². The molecule has 112 valence electrons. The van der Waals surface area contributed by atoms with Gasteiger partial charge in [0.15, 0.2) is 0 Å². The highest BCUT2D eigenvalue weighted by molar-refractivity contribution is 5.70. The van der Waals surface area contributed by atoms with Gasteiger partial charge in [-0.3, -0.25) is 0 Å². The van der Waals surface area contributed by atoms with Crippen molar-refractivity contribution in [3.8, 4) is 5.75 Å². The number of aryl methyl sites for hydroxylation is 1. The summed E-state index contributed by atoms with van der Waals surface area (Å²) in [5.74, 6) is 0.716. The van der Waals surface area contributed by atoms with E-state index in [1.165, 1.54) is 5.56 Å². The number of benzene rings is 2. The molecule has 1 atom stereocenters. The zero-order valence-corrected chi connectivity index (χ0v) is 13.1. The Morgan fingerprint density at radius 3 is 2.48 bits per heavy atom. The summed E-state index contributed by atoms with van der Waals surface area (Å²) in [5, 5.41) is 10.2. The van der Waals surface area contributed by atoms with E-state index in [1.54, 1.807) is 14.0 Å². The first-order chi connectivity index (χ1) is 10.1. The fourth-order valence-corrected chi connectivity index (χ4v) is 2.65. The van der Waals surface area contributed by atoms with Gasteiger partial charge in [-0.2, -0.15) is 0 Å². The summed E-state index contributed by atoms with van der Waals surface area (Å²) < 4.78 is 5.41. The van der Waals surface area contributed by atoms with Crippen molar-refractivity contribution in [3.05, 3.63) is 53.6 Å². The van der Waals surface area contributed by atoms with Crippen molar-refractivity contribution in [1.29, 1.82) is 0 Å². The molecule has 3 nitrogen and oxygen atoms in total. The maximum atomic E-state index is 10.2. The molecule has 0 aliphatic carbocycles. The van der Waals surface area contributed by atoms with Gasteiger partial charge in [-0.1, -0.05) is 18.2 Å². The Bertz CT molecular complexity index is 608. The molecule has 2 aromatic carbocycles. The van der Waals surface area contributed by atoms with Gasteiger partial charge >= 0.3 is 0 Å². The van der Waals surface area contributed by atoms with Crippen LogP contribution >= 0.6 is 0 Å². The molecule has 1 N–H and O–H groups in total. The number of nitrogens with zero attached hydrogens (tertiary/aromatic N) is 1. The first-order valence-corrected chi connectivity index (χ1v) is 7.27. The predicted octanol–water partition coefficient (Wildman–Crippen LogP) is 4.21. The van der Waals surface area contributed by atoms with Gasteiger partial charge in [0.05, 0.1) is 18.9 Å². The van der Waals surface area contributed by atoms with Crippen LogP contribution in [0.25, 0.3) is 0 Å². The van der Waals surface area contributed by atoms with Crippen LogP contribution in [-0.4, -0.2) is 18.8 Å². The van der Waals surface area contributed by atoms with Gasteiger partial charge in [0.2, 0.25) is 0 Å². The lowest BCUT2D eigenvalue weighted by atomic mass is 10.0. The van der Waals surface area contributed by atoms with E-state index >= 15 is 0 Å². The topological polar surface area (TPSA) is 32.7 Å². The first-order valence-electron chi connectivity index (χ1n) is 7.27. The second-order valence-electron chi connectivity index (χ2n) is 5.15. The Labute approximate surface area is 126 Å². The quantitative estimate of drug-likeness (QED) is 0.893. The maximum Gasteiger partial charge on any atom is 0.126 e. The molecule has 0 aromatic heterocycles. The van der Waals surface area contributed by atoms with Crippen molar-refractivity contribution < 1.29 is 9.84 Å². The third-order valence-electron chi connectivity index (χ3n) is 3.60. The maximum absolute atomic E-state index is 10.2. The Hall–Kier alpha value is -2.00. The number of aliphatic hydroxyl groups excluding tert-OH is 1. The molecule has 21 heavy (non-hydrogen) atoms. The first kappa shape index (κ1) is 15.4. The molecule has 2 rings (SSSR count). The summed E-state index contributed by atoms with van der Waals surface area (Å²) in [4.78, 5) is 2.19. The molecule has 0 unspecified atom stereocenters. The number of hydrogen-bond acceptors (Lipinski definition) is 3. The van der Waals surface area contributed by atoms with Crippen molar-refractivity contribution >= 4 is 11.4 Å². The van der Waals surface area contributed by atoms with Gasteiger partial charge < -0.3 is 14.7 Å². The summed E-state index contributed by atoms with van der Waals surface area (Å²) >= 11 is 0. The average Bonchev–Trinajstić information content (AvgIpc) is 2.47. The highest BCUT2D eigenvalue weighted by atomic mass is 16.5. The second-order valence-corrected chi connectivity index (χ2v) is 5.15. The van der Waals surface area contributed by atoms with Crippen LogP contribution in [0.15, 0.2) is 42.5 Å². The smallest absolute Gasteiger partial charge is 0.126 e. The fourth-order valence-electron chi connectivity index (χ4n) is 2.65. The Balaban J connectivity index is 2.57. The number of anilines is 2. The minimum atomic E-state index is -0.588. The highest BCUT2D eigenvalue weighted by Gasteiger charge is 2.19. The van der Waals surface area contributed by atoms with Gasteiger partial charge in [-0.15, -0.1) is 0 Å².